The number of aliphatic carboxylic acids is 1. The van der Waals surface area contributed by atoms with Gasteiger partial charge >= 0.3 is 5.97 Å². The number of aromatic nitrogens is 3. The SMILES string of the molecule is COc1cc(Cn2nnc3c(-c4cccc(-c5ccc(CNC[C@@H]6CCC(=O)N6)cc5)c4Cl)cccc32)c(Cl)cc1CNC(CO)C(=O)O. The van der Waals surface area contributed by atoms with Crippen molar-refractivity contribution in [2.45, 2.75) is 44.6 Å². The number of nitrogens with one attached hydrogen (secondary N) is 3. The molecule has 49 heavy (non-hydrogen) atoms. The number of rotatable bonds is 14. The molecule has 4 aromatic carbocycles. The number of benzene rings is 4. The van der Waals surface area contributed by atoms with E-state index in [4.69, 9.17) is 27.9 Å². The van der Waals surface area contributed by atoms with E-state index in [0.29, 0.717) is 46.4 Å². The fraction of sp³-hybridized carbons (Fsp3) is 0.278. The van der Waals surface area contributed by atoms with Gasteiger partial charge in [-0.1, -0.05) is 83.0 Å². The molecule has 5 aromatic rings. The van der Waals surface area contributed by atoms with Crippen molar-refractivity contribution in [2.24, 2.45) is 0 Å². The molecule has 1 aliphatic rings. The van der Waals surface area contributed by atoms with Gasteiger partial charge in [0.15, 0.2) is 0 Å². The predicted octanol–water partition coefficient (Wildman–Crippen LogP) is 5.03. The van der Waals surface area contributed by atoms with E-state index in [1.807, 2.05) is 36.4 Å². The number of amides is 1. The average Bonchev–Trinajstić information content (AvgIpc) is 3.72. The average molecular weight is 704 g/mol. The Labute approximate surface area is 293 Å². The molecule has 0 saturated carbocycles. The Morgan fingerprint density at radius 1 is 1.04 bits per heavy atom. The van der Waals surface area contributed by atoms with Gasteiger partial charge in [-0.2, -0.15) is 0 Å². The number of aliphatic hydroxyl groups excluding tert-OH is 1. The van der Waals surface area contributed by atoms with Crippen LogP contribution in [0.4, 0.5) is 0 Å². The van der Waals surface area contributed by atoms with Crippen LogP contribution >= 0.6 is 23.2 Å². The molecular formula is C36H36Cl2N6O5. The Morgan fingerprint density at radius 3 is 2.51 bits per heavy atom. The van der Waals surface area contributed by atoms with Gasteiger partial charge in [-0.25, -0.2) is 4.68 Å². The molecule has 6 rings (SSSR count). The van der Waals surface area contributed by atoms with Gasteiger partial charge in [-0.3, -0.25) is 14.9 Å². The van der Waals surface area contributed by atoms with E-state index < -0.39 is 18.6 Å². The van der Waals surface area contributed by atoms with Gasteiger partial charge < -0.3 is 25.6 Å². The highest BCUT2D eigenvalue weighted by Gasteiger charge is 2.21. The summed E-state index contributed by atoms with van der Waals surface area (Å²) in [4.78, 5) is 22.7. The number of aliphatic hydroxyl groups is 1. The Morgan fingerprint density at radius 2 is 1.80 bits per heavy atom. The molecule has 1 fully saturated rings. The molecule has 2 heterocycles. The van der Waals surface area contributed by atoms with Crippen LogP contribution in [0.2, 0.25) is 10.0 Å². The first-order valence-electron chi connectivity index (χ1n) is 15.9. The summed E-state index contributed by atoms with van der Waals surface area (Å²) in [6.07, 6.45) is 1.46. The van der Waals surface area contributed by atoms with Crippen molar-refractivity contribution >= 4 is 46.1 Å². The van der Waals surface area contributed by atoms with Crippen LogP contribution < -0.4 is 20.7 Å². The van der Waals surface area contributed by atoms with Crippen molar-refractivity contribution in [2.75, 3.05) is 20.3 Å². The normalized spacial score (nSPS) is 15.0. The Balaban J connectivity index is 1.20. The smallest absolute Gasteiger partial charge is 0.323 e. The molecule has 5 N–H and O–H groups in total. The zero-order valence-electron chi connectivity index (χ0n) is 26.7. The fourth-order valence-corrected chi connectivity index (χ4v) is 6.61. The summed E-state index contributed by atoms with van der Waals surface area (Å²) < 4.78 is 7.33. The molecule has 0 bridgehead atoms. The zero-order chi connectivity index (χ0) is 34.5. The van der Waals surface area contributed by atoms with Crippen LogP contribution in [0.5, 0.6) is 5.75 Å². The van der Waals surface area contributed by atoms with Crippen molar-refractivity contribution in [1.29, 1.82) is 0 Å². The number of ether oxygens (including phenoxy) is 1. The lowest BCUT2D eigenvalue weighted by atomic mass is 9.97. The van der Waals surface area contributed by atoms with E-state index in [0.717, 1.165) is 51.9 Å². The summed E-state index contributed by atoms with van der Waals surface area (Å²) in [5, 5.41) is 37.8. The van der Waals surface area contributed by atoms with Gasteiger partial charge in [0.25, 0.3) is 0 Å². The molecule has 13 heteroatoms. The number of halogens is 2. The van der Waals surface area contributed by atoms with Crippen LogP contribution in [0, 0.1) is 0 Å². The monoisotopic (exact) mass is 702 g/mol. The summed E-state index contributed by atoms with van der Waals surface area (Å²) >= 11 is 13.8. The van der Waals surface area contributed by atoms with Crippen molar-refractivity contribution in [3.63, 3.8) is 0 Å². The standard InChI is InChI=1S/C36H36Cl2N6O5/c1-49-32-15-24(29(37)14-23(32)17-40-30(20-45)36(47)48)19-44-31-7-3-6-28(35(31)42-43-44)27-5-2-4-26(34(27)38)22-10-8-21(9-11-22)16-39-18-25-12-13-33(46)41-25/h2-11,14-15,25,30,39-40,45H,12-13,16-20H2,1H3,(H,41,46)(H,47,48)/t25-,30?/m0/s1. The third kappa shape index (κ3) is 7.71. The van der Waals surface area contributed by atoms with Gasteiger partial charge in [-0.15, -0.1) is 5.10 Å². The van der Waals surface area contributed by atoms with E-state index in [-0.39, 0.29) is 18.5 Å². The summed E-state index contributed by atoms with van der Waals surface area (Å²) in [6, 6.07) is 22.7. The van der Waals surface area contributed by atoms with Gasteiger partial charge in [0.1, 0.15) is 17.3 Å². The summed E-state index contributed by atoms with van der Waals surface area (Å²) in [7, 11) is 1.53. The van der Waals surface area contributed by atoms with Crippen molar-refractivity contribution < 1.29 is 24.5 Å². The largest absolute Gasteiger partial charge is 0.496 e. The van der Waals surface area contributed by atoms with E-state index in [2.05, 4.69) is 50.5 Å². The molecule has 1 saturated heterocycles. The number of carboxylic acid groups (broad SMARTS) is 1. The van der Waals surface area contributed by atoms with Crippen LogP contribution in [-0.4, -0.2) is 69.4 Å². The molecule has 2 atom stereocenters. The highest BCUT2D eigenvalue weighted by molar-refractivity contribution is 6.36. The first kappa shape index (κ1) is 34.3. The minimum Gasteiger partial charge on any atom is -0.496 e. The predicted molar refractivity (Wildman–Crippen MR) is 189 cm³/mol. The highest BCUT2D eigenvalue weighted by Crippen LogP contribution is 2.39. The summed E-state index contributed by atoms with van der Waals surface area (Å²) in [5.74, 6) is -0.513. The van der Waals surface area contributed by atoms with Crippen LogP contribution in [0.15, 0.2) is 72.8 Å². The molecule has 0 spiro atoms. The number of methoxy groups -OCH3 is 1. The number of hydrogen-bond acceptors (Lipinski definition) is 8. The van der Waals surface area contributed by atoms with Gasteiger partial charge in [-0.05, 0) is 41.3 Å². The second kappa shape index (κ2) is 15.4. The molecule has 1 unspecified atom stereocenters. The molecule has 11 nitrogen and oxygen atoms in total. The number of fused-ring (bicyclic) bond motifs is 1. The Hall–Kier alpha value is -4.52. The minimum absolute atomic E-state index is 0.119. The maximum Gasteiger partial charge on any atom is 0.323 e. The molecular weight excluding hydrogens is 667 g/mol. The maximum absolute atomic E-state index is 11.4. The lowest BCUT2D eigenvalue weighted by Crippen LogP contribution is -2.39. The number of nitrogens with zero attached hydrogens (tertiary/aromatic N) is 3. The Kier molecular flexibility index (Phi) is 10.8. The number of hydrogen-bond donors (Lipinski definition) is 5. The van der Waals surface area contributed by atoms with Crippen LogP contribution in [0.3, 0.4) is 0 Å². The van der Waals surface area contributed by atoms with Crippen molar-refractivity contribution in [3.8, 4) is 28.0 Å². The van der Waals surface area contributed by atoms with Crippen molar-refractivity contribution in [1.82, 2.24) is 30.9 Å². The topological polar surface area (TPSA) is 151 Å². The number of carboxylic acids is 1. The first-order valence-corrected chi connectivity index (χ1v) is 16.6. The fourth-order valence-electron chi connectivity index (χ4n) is 6.02. The van der Waals surface area contributed by atoms with Crippen molar-refractivity contribution in [3.05, 3.63) is 99.5 Å². The molecule has 1 aliphatic heterocycles. The zero-order valence-corrected chi connectivity index (χ0v) is 28.3. The van der Waals surface area contributed by atoms with E-state index >= 15 is 0 Å². The molecule has 0 aliphatic carbocycles. The van der Waals surface area contributed by atoms with Crippen LogP contribution in [0.1, 0.15) is 29.5 Å². The lowest BCUT2D eigenvalue weighted by Gasteiger charge is -2.16. The van der Waals surface area contributed by atoms with Gasteiger partial charge in [0.2, 0.25) is 5.91 Å². The van der Waals surface area contributed by atoms with Gasteiger partial charge in [0.05, 0.1) is 30.8 Å². The Bertz CT molecular complexity index is 1980. The molecule has 0 radical (unpaired) electrons. The third-order valence-corrected chi connectivity index (χ3v) is 9.45. The number of carbonyl (C=O) groups excluding carboxylic acids is 1. The summed E-state index contributed by atoms with van der Waals surface area (Å²) in [6.45, 7) is 1.35. The molecule has 1 aromatic heterocycles. The molecule has 254 valence electrons. The number of carbonyl (C=O) groups is 2. The second-order valence-corrected chi connectivity index (χ2v) is 12.7. The lowest BCUT2D eigenvalue weighted by molar-refractivity contribution is -0.140. The summed E-state index contributed by atoms with van der Waals surface area (Å²) in [5.41, 5.74) is 7.58. The third-order valence-electron chi connectivity index (χ3n) is 8.69. The van der Waals surface area contributed by atoms with Gasteiger partial charge in [0, 0.05) is 59.4 Å². The van der Waals surface area contributed by atoms with E-state index in [9.17, 15) is 19.8 Å². The van der Waals surface area contributed by atoms with E-state index in [1.54, 1.807) is 16.8 Å². The quantitative estimate of drug-likeness (QED) is 0.107. The second-order valence-electron chi connectivity index (χ2n) is 11.9. The van der Waals surface area contributed by atoms with Crippen LogP contribution in [-0.2, 0) is 29.2 Å². The van der Waals surface area contributed by atoms with E-state index in [1.165, 1.54) is 7.11 Å². The maximum atomic E-state index is 11.4. The minimum atomic E-state index is -1.15. The first-order chi connectivity index (χ1) is 23.7. The molecule has 1 amide bonds. The van der Waals surface area contributed by atoms with Crippen LogP contribution in [0.25, 0.3) is 33.3 Å². The highest BCUT2D eigenvalue weighted by atomic mass is 35.5.